The fourth-order valence-corrected chi connectivity index (χ4v) is 2.60. The molecule has 0 radical (unpaired) electrons. The first-order valence-electron chi connectivity index (χ1n) is 5.32. The molecule has 0 saturated carbocycles. The molecule has 0 spiro atoms. The summed E-state index contributed by atoms with van der Waals surface area (Å²) in [6, 6.07) is 16.7. The second-order valence-electron chi connectivity index (χ2n) is 3.68. The van der Waals surface area contributed by atoms with E-state index in [4.69, 9.17) is 5.73 Å². The molecule has 1 nitrogen and oxygen atoms in total. The van der Waals surface area contributed by atoms with Gasteiger partial charge in [-0.2, -0.15) is 0 Å². The van der Waals surface area contributed by atoms with Crippen molar-refractivity contribution in [2.24, 2.45) is 5.73 Å². The molecule has 2 rings (SSSR count). The molecule has 0 bridgehead atoms. The lowest BCUT2D eigenvalue weighted by molar-refractivity contribution is 1.03. The first-order chi connectivity index (χ1) is 7.81. The van der Waals surface area contributed by atoms with Gasteiger partial charge in [0.15, 0.2) is 0 Å². The monoisotopic (exact) mass is 229 g/mol. The predicted octanol–water partition coefficient (Wildman–Crippen LogP) is 3.60. The van der Waals surface area contributed by atoms with Crippen molar-refractivity contribution in [3.05, 3.63) is 59.7 Å². The van der Waals surface area contributed by atoms with Crippen LogP contribution in [0.2, 0.25) is 0 Å². The highest BCUT2D eigenvalue weighted by Gasteiger charge is 2.03. The number of hydrogen-bond donors (Lipinski definition) is 1. The number of rotatable bonds is 3. The Morgan fingerprint density at radius 1 is 0.938 bits per heavy atom. The Bertz CT molecular complexity index is 480. The lowest BCUT2D eigenvalue weighted by Gasteiger charge is -2.08. The van der Waals surface area contributed by atoms with Crippen LogP contribution in [0.15, 0.2) is 58.3 Å². The molecule has 0 saturated heterocycles. The minimum absolute atomic E-state index is 0.592. The maximum atomic E-state index is 5.73. The van der Waals surface area contributed by atoms with Gasteiger partial charge >= 0.3 is 0 Å². The van der Waals surface area contributed by atoms with E-state index in [2.05, 4.69) is 49.4 Å². The van der Waals surface area contributed by atoms with Gasteiger partial charge in [-0.3, -0.25) is 0 Å². The van der Waals surface area contributed by atoms with Gasteiger partial charge in [-0.15, -0.1) is 0 Å². The van der Waals surface area contributed by atoms with Gasteiger partial charge in [0.25, 0.3) is 0 Å². The van der Waals surface area contributed by atoms with Crippen molar-refractivity contribution in [3.8, 4) is 0 Å². The Balaban J connectivity index is 2.30. The van der Waals surface area contributed by atoms with Crippen LogP contribution in [0.3, 0.4) is 0 Å². The van der Waals surface area contributed by atoms with Crippen LogP contribution in [0.4, 0.5) is 0 Å². The lowest BCUT2D eigenvalue weighted by atomic mass is 10.2. The van der Waals surface area contributed by atoms with E-state index < -0.39 is 0 Å². The zero-order valence-electron chi connectivity index (χ0n) is 9.31. The predicted molar refractivity (Wildman–Crippen MR) is 69.6 cm³/mol. The summed E-state index contributed by atoms with van der Waals surface area (Å²) in [6.07, 6.45) is 0. The molecule has 82 valence electrons. The van der Waals surface area contributed by atoms with Gasteiger partial charge in [0, 0.05) is 16.3 Å². The minimum atomic E-state index is 0.592. The molecule has 0 atom stereocenters. The van der Waals surface area contributed by atoms with E-state index in [1.54, 1.807) is 11.8 Å². The summed E-state index contributed by atoms with van der Waals surface area (Å²) in [4.78, 5) is 2.54. The summed E-state index contributed by atoms with van der Waals surface area (Å²) in [5.74, 6) is 0. The molecule has 0 aliphatic rings. The van der Waals surface area contributed by atoms with Gasteiger partial charge in [-0.05, 0) is 30.2 Å². The standard InChI is InChI=1S/C14H15NS/c1-11-6-2-4-8-13(11)16-14-9-5-3-7-12(14)10-15/h2-9H,10,15H2,1H3. The highest BCUT2D eigenvalue weighted by atomic mass is 32.2. The lowest BCUT2D eigenvalue weighted by Crippen LogP contribution is -1.97. The summed E-state index contributed by atoms with van der Waals surface area (Å²) in [5, 5.41) is 0. The van der Waals surface area contributed by atoms with Crippen molar-refractivity contribution >= 4 is 11.8 Å². The third kappa shape index (κ3) is 2.46. The van der Waals surface area contributed by atoms with Crippen LogP contribution >= 0.6 is 11.8 Å². The second kappa shape index (κ2) is 5.19. The van der Waals surface area contributed by atoms with E-state index in [9.17, 15) is 0 Å². The molecule has 0 unspecified atom stereocenters. The molecule has 0 aromatic heterocycles. The average Bonchev–Trinajstić information content (AvgIpc) is 2.33. The number of hydrogen-bond acceptors (Lipinski definition) is 2. The van der Waals surface area contributed by atoms with Crippen LogP contribution in [-0.2, 0) is 6.54 Å². The molecule has 2 aromatic carbocycles. The average molecular weight is 229 g/mol. The van der Waals surface area contributed by atoms with E-state index in [0.29, 0.717) is 6.54 Å². The van der Waals surface area contributed by atoms with Crippen LogP contribution in [0.25, 0.3) is 0 Å². The van der Waals surface area contributed by atoms with Crippen LogP contribution < -0.4 is 5.73 Å². The number of aryl methyl sites for hydroxylation is 1. The van der Waals surface area contributed by atoms with E-state index in [1.807, 2.05) is 6.07 Å². The third-order valence-corrected chi connectivity index (χ3v) is 3.80. The van der Waals surface area contributed by atoms with E-state index in [1.165, 1.54) is 20.9 Å². The molecular weight excluding hydrogens is 214 g/mol. The Morgan fingerprint density at radius 2 is 1.56 bits per heavy atom. The molecule has 0 aliphatic heterocycles. The maximum Gasteiger partial charge on any atom is 0.0189 e. The van der Waals surface area contributed by atoms with Gasteiger partial charge in [-0.1, -0.05) is 48.2 Å². The minimum Gasteiger partial charge on any atom is -0.326 e. The van der Waals surface area contributed by atoms with E-state index in [-0.39, 0.29) is 0 Å². The fraction of sp³-hybridized carbons (Fsp3) is 0.143. The molecule has 16 heavy (non-hydrogen) atoms. The van der Waals surface area contributed by atoms with E-state index in [0.717, 1.165) is 0 Å². The first kappa shape index (κ1) is 11.2. The van der Waals surface area contributed by atoms with Crippen LogP contribution in [0.5, 0.6) is 0 Å². The van der Waals surface area contributed by atoms with Gasteiger partial charge < -0.3 is 5.73 Å². The molecule has 2 heteroatoms. The highest BCUT2D eigenvalue weighted by Crippen LogP contribution is 2.32. The van der Waals surface area contributed by atoms with Crippen molar-refractivity contribution in [1.82, 2.24) is 0 Å². The normalized spacial score (nSPS) is 10.4. The van der Waals surface area contributed by atoms with Crippen LogP contribution in [0.1, 0.15) is 11.1 Å². The zero-order chi connectivity index (χ0) is 11.4. The number of nitrogens with two attached hydrogens (primary N) is 1. The zero-order valence-corrected chi connectivity index (χ0v) is 10.1. The topological polar surface area (TPSA) is 26.0 Å². The van der Waals surface area contributed by atoms with Gasteiger partial charge in [0.05, 0.1) is 0 Å². The molecule has 2 N–H and O–H groups in total. The summed E-state index contributed by atoms with van der Waals surface area (Å²) in [7, 11) is 0. The van der Waals surface area contributed by atoms with Crippen molar-refractivity contribution in [1.29, 1.82) is 0 Å². The Morgan fingerprint density at radius 3 is 2.25 bits per heavy atom. The van der Waals surface area contributed by atoms with Crippen LogP contribution in [-0.4, -0.2) is 0 Å². The Labute approximate surface area is 101 Å². The van der Waals surface area contributed by atoms with Crippen molar-refractivity contribution < 1.29 is 0 Å². The molecule has 0 amide bonds. The van der Waals surface area contributed by atoms with E-state index >= 15 is 0 Å². The van der Waals surface area contributed by atoms with Gasteiger partial charge in [0.1, 0.15) is 0 Å². The summed E-state index contributed by atoms with van der Waals surface area (Å²) in [6.45, 7) is 2.72. The first-order valence-corrected chi connectivity index (χ1v) is 6.14. The number of benzene rings is 2. The Hall–Kier alpha value is -1.25. The highest BCUT2D eigenvalue weighted by molar-refractivity contribution is 7.99. The summed E-state index contributed by atoms with van der Waals surface area (Å²) < 4.78 is 0. The molecule has 0 heterocycles. The Kier molecular flexibility index (Phi) is 3.65. The molecule has 2 aromatic rings. The third-order valence-electron chi connectivity index (χ3n) is 2.51. The smallest absolute Gasteiger partial charge is 0.0189 e. The SMILES string of the molecule is Cc1ccccc1Sc1ccccc1CN. The van der Waals surface area contributed by atoms with Crippen molar-refractivity contribution in [2.75, 3.05) is 0 Å². The quantitative estimate of drug-likeness (QED) is 0.870. The molecule has 0 fully saturated rings. The molecule has 0 aliphatic carbocycles. The van der Waals surface area contributed by atoms with Crippen molar-refractivity contribution in [2.45, 2.75) is 23.3 Å². The largest absolute Gasteiger partial charge is 0.326 e. The van der Waals surface area contributed by atoms with Gasteiger partial charge in [-0.25, -0.2) is 0 Å². The second-order valence-corrected chi connectivity index (χ2v) is 4.76. The summed E-state index contributed by atoms with van der Waals surface area (Å²) >= 11 is 1.79. The summed E-state index contributed by atoms with van der Waals surface area (Å²) in [5.41, 5.74) is 8.24. The van der Waals surface area contributed by atoms with Crippen molar-refractivity contribution in [3.63, 3.8) is 0 Å². The molecular formula is C14H15NS. The van der Waals surface area contributed by atoms with Crippen LogP contribution in [0, 0.1) is 6.92 Å². The maximum absolute atomic E-state index is 5.73. The van der Waals surface area contributed by atoms with Gasteiger partial charge in [0.2, 0.25) is 0 Å². The fourth-order valence-electron chi connectivity index (χ4n) is 1.56.